The van der Waals surface area contributed by atoms with Crippen molar-refractivity contribution in [3.8, 4) is 0 Å². The van der Waals surface area contributed by atoms with Gasteiger partial charge in [-0.2, -0.15) is 0 Å². The Bertz CT molecular complexity index is 248. The Balaban J connectivity index is 3.84. The second-order valence-electron chi connectivity index (χ2n) is 3.72. The molecule has 0 amide bonds. The zero-order valence-corrected chi connectivity index (χ0v) is 10.7. The number of rotatable bonds is 9. The van der Waals surface area contributed by atoms with E-state index in [9.17, 15) is 9.59 Å². The largest absolute Gasteiger partial charge is 0.466 e. The molecule has 0 aromatic rings. The Labute approximate surface area is 103 Å². The molecule has 0 saturated heterocycles. The fourth-order valence-corrected chi connectivity index (χ4v) is 1.47. The lowest BCUT2D eigenvalue weighted by Crippen LogP contribution is -2.17. The van der Waals surface area contributed by atoms with Crippen molar-refractivity contribution in [1.82, 2.24) is 0 Å². The van der Waals surface area contributed by atoms with Crippen molar-refractivity contribution in [2.24, 2.45) is 5.92 Å². The van der Waals surface area contributed by atoms with E-state index >= 15 is 0 Å². The molecule has 4 heteroatoms. The number of carbonyl (C=O) groups is 2. The van der Waals surface area contributed by atoms with E-state index in [0.29, 0.717) is 25.9 Å². The van der Waals surface area contributed by atoms with Crippen LogP contribution in [0.5, 0.6) is 0 Å². The molecule has 0 aliphatic heterocycles. The second kappa shape index (κ2) is 9.87. The van der Waals surface area contributed by atoms with Gasteiger partial charge in [0.25, 0.3) is 0 Å². The summed E-state index contributed by atoms with van der Waals surface area (Å²) in [5, 5.41) is 0. The van der Waals surface area contributed by atoms with Gasteiger partial charge in [-0.15, -0.1) is 0 Å². The average molecular weight is 242 g/mol. The van der Waals surface area contributed by atoms with Crippen LogP contribution in [-0.4, -0.2) is 25.2 Å². The highest BCUT2D eigenvalue weighted by Crippen LogP contribution is 2.14. The third kappa shape index (κ3) is 7.55. The maximum absolute atomic E-state index is 11.5. The van der Waals surface area contributed by atoms with Gasteiger partial charge in [-0.05, 0) is 26.2 Å². The number of hydrogen-bond donors (Lipinski definition) is 0. The molecule has 0 heterocycles. The van der Waals surface area contributed by atoms with Crippen molar-refractivity contribution in [2.45, 2.75) is 39.5 Å². The van der Waals surface area contributed by atoms with Crippen molar-refractivity contribution >= 4 is 11.9 Å². The van der Waals surface area contributed by atoms with Crippen LogP contribution in [0.15, 0.2) is 12.7 Å². The van der Waals surface area contributed by atoms with Gasteiger partial charge in [-0.3, -0.25) is 9.59 Å². The normalized spacial score (nSPS) is 11.6. The van der Waals surface area contributed by atoms with Crippen LogP contribution in [0.4, 0.5) is 0 Å². The number of hydrogen-bond acceptors (Lipinski definition) is 4. The highest BCUT2D eigenvalue weighted by Gasteiger charge is 2.17. The standard InChI is InChI=1S/C13H22O4/c1-4-10-17-13(15)11(5-2)8-7-9-12(14)16-6-3/h4,11H,1,5-10H2,2-3H3. The lowest BCUT2D eigenvalue weighted by Gasteiger charge is -2.12. The molecule has 0 aromatic heterocycles. The minimum Gasteiger partial charge on any atom is -0.466 e. The van der Waals surface area contributed by atoms with E-state index in [1.165, 1.54) is 0 Å². The fraction of sp³-hybridized carbons (Fsp3) is 0.692. The topological polar surface area (TPSA) is 52.6 Å². The van der Waals surface area contributed by atoms with Crippen molar-refractivity contribution in [1.29, 1.82) is 0 Å². The van der Waals surface area contributed by atoms with Gasteiger partial charge >= 0.3 is 11.9 Å². The molecule has 17 heavy (non-hydrogen) atoms. The summed E-state index contributed by atoms with van der Waals surface area (Å²) in [6, 6.07) is 0. The Hall–Kier alpha value is -1.32. The predicted octanol–water partition coefficient (Wildman–Crippen LogP) is 2.48. The fourth-order valence-electron chi connectivity index (χ4n) is 1.47. The molecular formula is C13H22O4. The van der Waals surface area contributed by atoms with Crippen LogP contribution in [0, 0.1) is 5.92 Å². The third-order valence-corrected chi connectivity index (χ3v) is 2.41. The SMILES string of the molecule is C=CCOC(=O)C(CC)CCCC(=O)OCC. The van der Waals surface area contributed by atoms with Gasteiger partial charge in [0, 0.05) is 6.42 Å². The maximum atomic E-state index is 11.5. The predicted molar refractivity (Wildman–Crippen MR) is 65.4 cm³/mol. The highest BCUT2D eigenvalue weighted by atomic mass is 16.5. The Morgan fingerprint density at radius 2 is 2.00 bits per heavy atom. The third-order valence-electron chi connectivity index (χ3n) is 2.41. The van der Waals surface area contributed by atoms with Gasteiger partial charge < -0.3 is 9.47 Å². The minimum absolute atomic E-state index is 0.135. The molecule has 0 spiro atoms. The first kappa shape index (κ1) is 15.7. The number of esters is 2. The maximum Gasteiger partial charge on any atom is 0.309 e. The van der Waals surface area contributed by atoms with E-state index in [-0.39, 0.29) is 24.5 Å². The molecule has 0 aliphatic carbocycles. The number of ether oxygens (including phenoxy) is 2. The van der Waals surface area contributed by atoms with E-state index in [4.69, 9.17) is 9.47 Å². The Kier molecular flexibility index (Phi) is 9.11. The first-order chi connectivity index (χ1) is 8.15. The molecule has 0 aromatic carbocycles. The molecule has 98 valence electrons. The van der Waals surface area contributed by atoms with Gasteiger partial charge in [0.2, 0.25) is 0 Å². The van der Waals surface area contributed by atoms with Crippen LogP contribution >= 0.6 is 0 Å². The molecule has 0 N–H and O–H groups in total. The molecule has 0 rings (SSSR count). The zero-order valence-electron chi connectivity index (χ0n) is 10.7. The smallest absolute Gasteiger partial charge is 0.309 e. The van der Waals surface area contributed by atoms with E-state index in [1.807, 2.05) is 6.92 Å². The van der Waals surface area contributed by atoms with Gasteiger partial charge in [-0.25, -0.2) is 0 Å². The lowest BCUT2D eigenvalue weighted by atomic mass is 9.99. The van der Waals surface area contributed by atoms with E-state index in [2.05, 4.69) is 6.58 Å². The van der Waals surface area contributed by atoms with Crippen LogP contribution in [0.25, 0.3) is 0 Å². The van der Waals surface area contributed by atoms with Crippen molar-refractivity contribution < 1.29 is 19.1 Å². The average Bonchev–Trinajstić information content (AvgIpc) is 2.32. The van der Waals surface area contributed by atoms with Crippen molar-refractivity contribution in [3.63, 3.8) is 0 Å². The van der Waals surface area contributed by atoms with Crippen LogP contribution in [0.3, 0.4) is 0 Å². The van der Waals surface area contributed by atoms with Crippen LogP contribution in [-0.2, 0) is 19.1 Å². The molecule has 0 bridgehead atoms. The van der Waals surface area contributed by atoms with Gasteiger partial charge in [0.05, 0.1) is 12.5 Å². The molecule has 0 saturated carbocycles. The molecule has 4 nitrogen and oxygen atoms in total. The van der Waals surface area contributed by atoms with Gasteiger partial charge in [0.1, 0.15) is 6.61 Å². The van der Waals surface area contributed by atoms with E-state index in [1.54, 1.807) is 13.0 Å². The summed E-state index contributed by atoms with van der Waals surface area (Å²) < 4.78 is 9.79. The summed E-state index contributed by atoms with van der Waals surface area (Å²) in [5.41, 5.74) is 0. The highest BCUT2D eigenvalue weighted by molar-refractivity contribution is 5.72. The molecule has 0 fully saturated rings. The summed E-state index contributed by atoms with van der Waals surface area (Å²) in [7, 11) is 0. The summed E-state index contributed by atoms with van der Waals surface area (Å²) in [4.78, 5) is 22.7. The molecule has 1 atom stereocenters. The Morgan fingerprint density at radius 1 is 1.29 bits per heavy atom. The van der Waals surface area contributed by atoms with E-state index in [0.717, 1.165) is 6.42 Å². The first-order valence-corrected chi connectivity index (χ1v) is 6.08. The number of carbonyl (C=O) groups excluding carboxylic acids is 2. The molecule has 0 aliphatic rings. The van der Waals surface area contributed by atoms with Gasteiger partial charge in [-0.1, -0.05) is 19.6 Å². The van der Waals surface area contributed by atoms with Crippen molar-refractivity contribution in [2.75, 3.05) is 13.2 Å². The summed E-state index contributed by atoms with van der Waals surface area (Å²) >= 11 is 0. The van der Waals surface area contributed by atoms with Crippen LogP contribution < -0.4 is 0 Å². The minimum atomic E-state index is -0.212. The second-order valence-corrected chi connectivity index (χ2v) is 3.72. The summed E-state index contributed by atoms with van der Waals surface area (Å²) in [6.45, 7) is 7.84. The quantitative estimate of drug-likeness (QED) is 0.460. The van der Waals surface area contributed by atoms with Crippen LogP contribution in [0.1, 0.15) is 39.5 Å². The lowest BCUT2D eigenvalue weighted by molar-refractivity contribution is -0.148. The summed E-state index contributed by atoms with van der Waals surface area (Å²) in [5.74, 6) is -0.553. The van der Waals surface area contributed by atoms with Gasteiger partial charge in [0.15, 0.2) is 0 Å². The Morgan fingerprint density at radius 3 is 2.53 bits per heavy atom. The van der Waals surface area contributed by atoms with Crippen LogP contribution in [0.2, 0.25) is 0 Å². The van der Waals surface area contributed by atoms with Crippen molar-refractivity contribution in [3.05, 3.63) is 12.7 Å². The zero-order chi connectivity index (χ0) is 13.1. The first-order valence-electron chi connectivity index (χ1n) is 6.08. The molecule has 0 radical (unpaired) electrons. The molecular weight excluding hydrogens is 220 g/mol. The molecule has 1 unspecified atom stereocenters. The summed E-state index contributed by atoms with van der Waals surface area (Å²) in [6.07, 6.45) is 3.94. The monoisotopic (exact) mass is 242 g/mol. The van der Waals surface area contributed by atoms with E-state index < -0.39 is 0 Å².